The molecule has 1 N–H and O–H groups in total. The minimum absolute atomic E-state index is 0.0174. The molecule has 1 amide bonds. The Bertz CT molecular complexity index is 461. The van der Waals surface area contributed by atoms with Gasteiger partial charge in [0.15, 0.2) is 0 Å². The van der Waals surface area contributed by atoms with Crippen LogP contribution in [-0.2, 0) is 17.8 Å². The maximum Gasteiger partial charge on any atom is 0.233 e. The first kappa shape index (κ1) is 14.3. The van der Waals surface area contributed by atoms with Crippen molar-refractivity contribution in [3.63, 3.8) is 0 Å². The number of nitrogens with one attached hydrogen (secondary N) is 1. The van der Waals surface area contributed by atoms with Crippen LogP contribution in [0.15, 0.2) is 18.2 Å². The van der Waals surface area contributed by atoms with Crippen LogP contribution < -0.4 is 10.2 Å². The molecule has 2 rings (SSSR count). The highest BCUT2D eigenvalue weighted by atomic mass is 32.2. The smallest absolute Gasteiger partial charge is 0.233 e. The van der Waals surface area contributed by atoms with E-state index in [1.165, 1.54) is 23.2 Å². The highest BCUT2D eigenvalue weighted by molar-refractivity contribution is 7.99. The standard InChI is InChI=1S/C15H22N2OS/c1-11(19-3)15(18)16-10-12-6-7-14-13(9-12)5-4-8-17(14)2/h6-7,9,11H,4-5,8,10H2,1-3H3,(H,16,18)/t11-/m1/s1. The van der Waals surface area contributed by atoms with Gasteiger partial charge in [0, 0.05) is 25.8 Å². The number of anilines is 1. The zero-order valence-corrected chi connectivity index (χ0v) is 12.7. The number of rotatable bonds is 4. The lowest BCUT2D eigenvalue weighted by molar-refractivity contribution is -0.120. The van der Waals surface area contributed by atoms with Gasteiger partial charge in [0.25, 0.3) is 0 Å². The molecule has 0 saturated heterocycles. The number of nitrogens with zero attached hydrogens (tertiary/aromatic N) is 1. The van der Waals surface area contributed by atoms with E-state index in [0.29, 0.717) is 6.54 Å². The van der Waals surface area contributed by atoms with Gasteiger partial charge in [-0.1, -0.05) is 12.1 Å². The van der Waals surface area contributed by atoms with E-state index in [1.54, 1.807) is 11.8 Å². The lowest BCUT2D eigenvalue weighted by Crippen LogP contribution is -2.30. The molecule has 1 atom stereocenters. The van der Waals surface area contributed by atoms with Crippen molar-refractivity contribution in [2.75, 3.05) is 24.7 Å². The van der Waals surface area contributed by atoms with Gasteiger partial charge in [0.05, 0.1) is 5.25 Å². The largest absolute Gasteiger partial charge is 0.374 e. The van der Waals surface area contributed by atoms with E-state index in [9.17, 15) is 4.79 Å². The zero-order valence-electron chi connectivity index (χ0n) is 11.9. The second-order valence-electron chi connectivity index (χ2n) is 5.08. The maximum absolute atomic E-state index is 11.7. The van der Waals surface area contributed by atoms with Gasteiger partial charge in [0.1, 0.15) is 0 Å². The van der Waals surface area contributed by atoms with E-state index in [2.05, 4.69) is 35.5 Å². The van der Waals surface area contributed by atoms with E-state index >= 15 is 0 Å². The number of carbonyl (C=O) groups excluding carboxylic acids is 1. The average Bonchev–Trinajstić information content (AvgIpc) is 2.44. The first-order valence-corrected chi connectivity index (χ1v) is 8.04. The van der Waals surface area contributed by atoms with Crippen molar-refractivity contribution in [3.8, 4) is 0 Å². The SMILES string of the molecule is CS[C@H](C)C(=O)NCc1ccc2c(c1)CCCN2C. The summed E-state index contributed by atoms with van der Waals surface area (Å²) in [5.41, 5.74) is 3.92. The topological polar surface area (TPSA) is 32.3 Å². The minimum atomic E-state index is 0.0174. The quantitative estimate of drug-likeness (QED) is 0.918. The highest BCUT2D eigenvalue weighted by Crippen LogP contribution is 2.26. The van der Waals surface area contributed by atoms with Crippen LogP contribution in [0.4, 0.5) is 5.69 Å². The van der Waals surface area contributed by atoms with Crippen molar-refractivity contribution >= 4 is 23.4 Å². The number of thioether (sulfide) groups is 1. The number of hydrogen-bond acceptors (Lipinski definition) is 3. The molecule has 104 valence electrons. The Morgan fingerprint density at radius 1 is 1.53 bits per heavy atom. The molecular weight excluding hydrogens is 256 g/mol. The molecule has 0 bridgehead atoms. The zero-order chi connectivity index (χ0) is 13.8. The number of fused-ring (bicyclic) bond motifs is 1. The van der Waals surface area contributed by atoms with Crippen molar-refractivity contribution in [2.24, 2.45) is 0 Å². The van der Waals surface area contributed by atoms with Crippen LogP contribution in [0.25, 0.3) is 0 Å². The summed E-state index contributed by atoms with van der Waals surface area (Å²) in [5.74, 6) is 0.113. The van der Waals surface area contributed by atoms with E-state index in [1.807, 2.05) is 13.2 Å². The van der Waals surface area contributed by atoms with Crippen molar-refractivity contribution < 1.29 is 4.79 Å². The van der Waals surface area contributed by atoms with Gasteiger partial charge in [-0.25, -0.2) is 0 Å². The molecule has 1 aromatic rings. The van der Waals surface area contributed by atoms with Gasteiger partial charge in [-0.2, -0.15) is 11.8 Å². The van der Waals surface area contributed by atoms with Crippen LogP contribution >= 0.6 is 11.8 Å². The molecule has 0 aliphatic carbocycles. The molecule has 1 aromatic carbocycles. The van der Waals surface area contributed by atoms with Crippen molar-refractivity contribution in [1.82, 2.24) is 5.32 Å². The molecule has 1 aliphatic heterocycles. The van der Waals surface area contributed by atoms with E-state index < -0.39 is 0 Å². The van der Waals surface area contributed by atoms with Gasteiger partial charge < -0.3 is 10.2 Å². The minimum Gasteiger partial charge on any atom is -0.374 e. The predicted molar refractivity (Wildman–Crippen MR) is 82.9 cm³/mol. The third kappa shape index (κ3) is 3.44. The molecule has 4 heteroatoms. The summed E-state index contributed by atoms with van der Waals surface area (Å²) in [5, 5.41) is 3.01. The number of aryl methyl sites for hydroxylation is 1. The van der Waals surface area contributed by atoms with Crippen molar-refractivity contribution in [3.05, 3.63) is 29.3 Å². The summed E-state index contributed by atoms with van der Waals surface area (Å²) in [4.78, 5) is 14.1. The summed E-state index contributed by atoms with van der Waals surface area (Å²) in [6, 6.07) is 6.52. The Labute approximate surface area is 119 Å². The fourth-order valence-electron chi connectivity index (χ4n) is 2.39. The Morgan fingerprint density at radius 2 is 2.32 bits per heavy atom. The normalized spacial score (nSPS) is 15.8. The van der Waals surface area contributed by atoms with Crippen LogP contribution in [0, 0.1) is 0 Å². The van der Waals surface area contributed by atoms with Crippen LogP contribution in [-0.4, -0.2) is 31.0 Å². The third-order valence-electron chi connectivity index (χ3n) is 3.68. The summed E-state index contributed by atoms with van der Waals surface area (Å²) in [6.45, 7) is 3.69. The number of carbonyl (C=O) groups is 1. The summed E-state index contributed by atoms with van der Waals surface area (Å²) >= 11 is 1.57. The third-order valence-corrected chi connectivity index (χ3v) is 4.61. The average molecular weight is 278 g/mol. The van der Waals surface area contributed by atoms with Crippen molar-refractivity contribution in [2.45, 2.75) is 31.6 Å². The number of hydrogen-bond donors (Lipinski definition) is 1. The van der Waals surface area contributed by atoms with Crippen LogP contribution in [0.5, 0.6) is 0 Å². The van der Waals surface area contributed by atoms with Gasteiger partial charge in [0.2, 0.25) is 5.91 Å². The Hall–Kier alpha value is -1.16. The lowest BCUT2D eigenvalue weighted by atomic mass is 9.99. The Balaban J connectivity index is 2.01. The molecule has 19 heavy (non-hydrogen) atoms. The second kappa shape index (κ2) is 6.33. The number of amides is 1. The summed E-state index contributed by atoms with van der Waals surface area (Å²) in [6.07, 6.45) is 4.31. The lowest BCUT2D eigenvalue weighted by Gasteiger charge is -2.27. The first-order valence-electron chi connectivity index (χ1n) is 6.75. The molecule has 0 fully saturated rings. The van der Waals surface area contributed by atoms with Gasteiger partial charge in [-0.05, 0) is 43.2 Å². The molecule has 0 aromatic heterocycles. The summed E-state index contributed by atoms with van der Waals surface area (Å²) in [7, 11) is 2.14. The second-order valence-corrected chi connectivity index (χ2v) is 6.26. The predicted octanol–water partition coefficient (Wildman–Crippen LogP) is 2.44. The van der Waals surface area contributed by atoms with E-state index in [0.717, 1.165) is 13.0 Å². The monoisotopic (exact) mass is 278 g/mol. The maximum atomic E-state index is 11.7. The van der Waals surface area contributed by atoms with Crippen LogP contribution in [0.3, 0.4) is 0 Å². The fourth-order valence-corrected chi connectivity index (χ4v) is 2.69. The molecule has 3 nitrogen and oxygen atoms in total. The van der Waals surface area contributed by atoms with E-state index in [4.69, 9.17) is 0 Å². The molecule has 0 unspecified atom stereocenters. The molecule has 0 saturated carbocycles. The molecule has 0 radical (unpaired) electrons. The summed E-state index contributed by atoms with van der Waals surface area (Å²) < 4.78 is 0. The first-order chi connectivity index (χ1) is 9.11. The fraction of sp³-hybridized carbons (Fsp3) is 0.533. The molecular formula is C15H22N2OS. The molecule has 1 aliphatic rings. The van der Waals surface area contributed by atoms with Crippen LogP contribution in [0.2, 0.25) is 0 Å². The van der Waals surface area contributed by atoms with Gasteiger partial charge in [-0.3, -0.25) is 4.79 Å². The van der Waals surface area contributed by atoms with Crippen molar-refractivity contribution in [1.29, 1.82) is 0 Å². The Morgan fingerprint density at radius 3 is 3.05 bits per heavy atom. The van der Waals surface area contributed by atoms with Gasteiger partial charge in [-0.15, -0.1) is 0 Å². The Kier molecular flexibility index (Phi) is 4.75. The van der Waals surface area contributed by atoms with Gasteiger partial charge >= 0.3 is 0 Å². The molecule has 0 spiro atoms. The van der Waals surface area contributed by atoms with Crippen LogP contribution in [0.1, 0.15) is 24.5 Å². The van der Waals surface area contributed by atoms with E-state index in [-0.39, 0.29) is 11.2 Å². The number of benzene rings is 1. The highest BCUT2D eigenvalue weighted by Gasteiger charge is 2.14. The molecule has 1 heterocycles.